The van der Waals surface area contributed by atoms with Crippen LogP contribution in [0.5, 0.6) is 0 Å². The summed E-state index contributed by atoms with van der Waals surface area (Å²) >= 11 is 0. The van der Waals surface area contributed by atoms with Crippen molar-refractivity contribution in [2.45, 2.75) is 20.3 Å². The van der Waals surface area contributed by atoms with Gasteiger partial charge in [0.15, 0.2) is 0 Å². The van der Waals surface area contributed by atoms with Gasteiger partial charge in [0, 0.05) is 6.20 Å². The molecule has 0 spiro atoms. The van der Waals surface area contributed by atoms with Crippen molar-refractivity contribution < 1.29 is 14.1 Å². The number of nitrogens with zero attached hydrogens (tertiary/aromatic N) is 2. The number of carbonyl (C=O) groups is 1. The Bertz CT molecular complexity index is 519. The third kappa shape index (κ3) is 1.88. The molecule has 0 aliphatic carbocycles. The molecular formula is C11H12N2O3. The second kappa shape index (κ2) is 4.30. The molecule has 16 heavy (non-hydrogen) atoms. The van der Waals surface area contributed by atoms with E-state index in [1.165, 1.54) is 6.20 Å². The molecule has 2 rings (SSSR count). The zero-order valence-electron chi connectivity index (χ0n) is 9.19. The van der Waals surface area contributed by atoms with Gasteiger partial charge in [-0.25, -0.2) is 9.78 Å². The van der Waals surface area contributed by atoms with Gasteiger partial charge in [0.1, 0.15) is 0 Å². The first-order valence-corrected chi connectivity index (χ1v) is 5.11. The average Bonchev–Trinajstić information content (AvgIpc) is 2.67. The molecule has 0 atom stereocenters. The smallest absolute Gasteiger partial charge is 0.339 e. The lowest BCUT2D eigenvalue weighted by Gasteiger charge is -2.01. The first-order chi connectivity index (χ1) is 7.72. The van der Waals surface area contributed by atoms with Crippen molar-refractivity contribution in [2.75, 3.05) is 6.61 Å². The predicted octanol–water partition coefficient (Wildman–Crippen LogP) is 2.10. The van der Waals surface area contributed by atoms with Crippen molar-refractivity contribution in [3.05, 3.63) is 23.5 Å². The number of hydrogen-bond donors (Lipinski definition) is 0. The number of aromatic nitrogens is 2. The molecule has 0 radical (unpaired) electrons. The van der Waals surface area contributed by atoms with E-state index in [-0.39, 0.29) is 5.97 Å². The molecule has 2 aromatic rings. The molecule has 2 heterocycles. The molecule has 0 unspecified atom stereocenters. The first kappa shape index (κ1) is 10.6. The summed E-state index contributed by atoms with van der Waals surface area (Å²) in [5, 5.41) is 4.51. The molecule has 0 aromatic carbocycles. The Morgan fingerprint density at radius 2 is 2.38 bits per heavy atom. The van der Waals surface area contributed by atoms with Gasteiger partial charge in [0.2, 0.25) is 0 Å². The summed E-state index contributed by atoms with van der Waals surface area (Å²) in [6.07, 6.45) is 2.23. The van der Waals surface area contributed by atoms with E-state index in [2.05, 4.69) is 10.1 Å². The van der Waals surface area contributed by atoms with Gasteiger partial charge < -0.3 is 9.26 Å². The van der Waals surface area contributed by atoms with Gasteiger partial charge in [0.25, 0.3) is 5.71 Å². The Morgan fingerprint density at radius 3 is 3.12 bits per heavy atom. The molecule has 0 aliphatic rings. The molecule has 2 aromatic heterocycles. The Balaban J connectivity index is 2.31. The zero-order valence-corrected chi connectivity index (χ0v) is 9.19. The third-order valence-corrected chi connectivity index (χ3v) is 2.18. The summed E-state index contributed by atoms with van der Waals surface area (Å²) in [6.45, 7) is 4.16. The summed E-state index contributed by atoms with van der Waals surface area (Å²) in [7, 11) is 0. The normalized spacial score (nSPS) is 10.6. The fourth-order valence-corrected chi connectivity index (χ4v) is 1.33. The average molecular weight is 220 g/mol. The second-order valence-electron chi connectivity index (χ2n) is 3.48. The molecule has 5 heteroatoms. The van der Waals surface area contributed by atoms with Gasteiger partial charge in [0.05, 0.1) is 23.3 Å². The Kier molecular flexibility index (Phi) is 2.85. The van der Waals surface area contributed by atoms with Crippen LogP contribution in [0.2, 0.25) is 0 Å². The molecule has 0 saturated carbocycles. The summed E-state index contributed by atoms with van der Waals surface area (Å²) in [4.78, 5) is 15.6. The van der Waals surface area contributed by atoms with Gasteiger partial charge in [-0.05, 0) is 19.4 Å². The van der Waals surface area contributed by atoms with Crippen LogP contribution in [0.4, 0.5) is 0 Å². The number of ether oxygens (including phenoxy) is 1. The molecule has 0 aliphatic heterocycles. The Hall–Kier alpha value is -1.91. The molecule has 0 amide bonds. The summed E-state index contributed by atoms with van der Waals surface area (Å²) in [6, 6.07) is 1.69. The Morgan fingerprint density at radius 1 is 1.56 bits per heavy atom. The Labute approximate surface area is 92.4 Å². The van der Waals surface area contributed by atoms with E-state index in [1.807, 2.05) is 6.92 Å². The van der Waals surface area contributed by atoms with Crippen molar-refractivity contribution in [2.24, 2.45) is 0 Å². The lowest BCUT2D eigenvalue weighted by atomic mass is 10.2. The number of hydrogen-bond acceptors (Lipinski definition) is 5. The number of carbonyl (C=O) groups excluding carboxylic acids is 1. The van der Waals surface area contributed by atoms with E-state index in [1.54, 1.807) is 13.0 Å². The van der Waals surface area contributed by atoms with Crippen molar-refractivity contribution in [1.82, 2.24) is 10.1 Å². The number of aryl methyl sites for hydroxylation is 1. The number of esters is 1. The monoisotopic (exact) mass is 220 g/mol. The van der Waals surface area contributed by atoms with E-state index in [9.17, 15) is 4.79 Å². The van der Waals surface area contributed by atoms with E-state index < -0.39 is 0 Å². The minimum atomic E-state index is -0.364. The molecule has 0 saturated heterocycles. The van der Waals surface area contributed by atoms with Crippen LogP contribution in [0.3, 0.4) is 0 Å². The maximum absolute atomic E-state index is 11.6. The van der Waals surface area contributed by atoms with Crippen molar-refractivity contribution in [3.63, 3.8) is 0 Å². The summed E-state index contributed by atoms with van der Waals surface area (Å²) in [5.74, 6) is -0.364. The predicted molar refractivity (Wildman–Crippen MR) is 57.1 cm³/mol. The number of rotatable bonds is 3. The lowest BCUT2D eigenvalue weighted by molar-refractivity contribution is 0.0505. The lowest BCUT2D eigenvalue weighted by Crippen LogP contribution is -2.06. The fraction of sp³-hybridized carbons (Fsp3) is 0.364. The van der Waals surface area contributed by atoms with Gasteiger partial charge in [-0.3, -0.25) is 0 Å². The van der Waals surface area contributed by atoms with Crippen LogP contribution in [0.1, 0.15) is 29.4 Å². The highest BCUT2D eigenvalue weighted by Gasteiger charge is 2.12. The highest BCUT2D eigenvalue weighted by atomic mass is 16.5. The fourth-order valence-electron chi connectivity index (χ4n) is 1.33. The van der Waals surface area contributed by atoms with Crippen LogP contribution in [0, 0.1) is 6.92 Å². The molecule has 84 valence electrons. The molecular weight excluding hydrogens is 208 g/mol. The minimum Gasteiger partial charge on any atom is -0.462 e. The largest absolute Gasteiger partial charge is 0.462 e. The van der Waals surface area contributed by atoms with Crippen LogP contribution >= 0.6 is 0 Å². The van der Waals surface area contributed by atoms with Crippen molar-refractivity contribution in [1.29, 1.82) is 0 Å². The first-order valence-electron chi connectivity index (χ1n) is 5.11. The van der Waals surface area contributed by atoms with Gasteiger partial charge in [-0.15, -0.1) is 0 Å². The maximum Gasteiger partial charge on any atom is 0.339 e. The molecule has 0 bridgehead atoms. The van der Waals surface area contributed by atoms with Crippen molar-refractivity contribution >= 4 is 17.1 Å². The highest BCUT2D eigenvalue weighted by Crippen LogP contribution is 2.17. The SMILES string of the molecule is CCCOC(=O)c1cnc2onc(C)c2c1. The summed E-state index contributed by atoms with van der Waals surface area (Å²) in [5.41, 5.74) is 1.57. The second-order valence-corrected chi connectivity index (χ2v) is 3.48. The van der Waals surface area contributed by atoms with Crippen LogP contribution in [0.15, 0.2) is 16.8 Å². The number of pyridine rings is 1. The number of fused-ring (bicyclic) bond motifs is 1. The third-order valence-electron chi connectivity index (χ3n) is 2.18. The minimum absolute atomic E-state index is 0.364. The van der Waals surface area contributed by atoms with E-state index >= 15 is 0 Å². The molecule has 5 nitrogen and oxygen atoms in total. The van der Waals surface area contributed by atoms with E-state index in [0.717, 1.165) is 11.8 Å². The summed E-state index contributed by atoms with van der Waals surface area (Å²) < 4.78 is 9.96. The van der Waals surface area contributed by atoms with Crippen LogP contribution in [-0.4, -0.2) is 22.7 Å². The zero-order chi connectivity index (χ0) is 11.5. The van der Waals surface area contributed by atoms with Gasteiger partial charge >= 0.3 is 5.97 Å². The molecule has 0 fully saturated rings. The quantitative estimate of drug-likeness (QED) is 0.741. The molecule has 0 N–H and O–H groups in total. The topological polar surface area (TPSA) is 65.2 Å². The maximum atomic E-state index is 11.6. The van der Waals surface area contributed by atoms with Crippen LogP contribution in [0.25, 0.3) is 11.1 Å². The van der Waals surface area contributed by atoms with E-state index in [4.69, 9.17) is 9.26 Å². The van der Waals surface area contributed by atoms with Crippen LogP contribution < -0.4 is 0 Å². The van der Waals surface area contributed by atoms with Crippen molar-refractivity contribution in [3.8, 4) is 0 Å². The van der Waals surface area contributed by atoms with E-state index in [0.29, 0.717) is 23.6 Å². The van der Waals surface area contributed by atoms with Gasteiger partial charge in [-0.2, -0.15) is 0 Å². The van der Waals surface area contributed by atoms with Crippen LogP contribution in [-0.2, 0) is 4.74 Å². The standard InChI is InChI=1S/C11H12N2O3/c1-3-4-15-11(14)8-5-9-7(2)13-16-10(9)12-6-8/h5-6H,3-4H2,1-2H3. The highest BCUT2D eigenvalue weighted by molar-refractivity contribution is 5.93. The van der Waals surface area contributed by atoms with Gasteiger partial charge in [-0.1, -0.05) is 12.1 Å².